The van der Waals surface area contributed by atoms with E-state index in [4.69, 9.17) is 10.5 Å². The highest BCUT2D eigenvalue weighted by Gasteiger charge is 2.19. The van der Waals surface area contributed by atoms with Crippen LogP contribution in [-0.2, 0) is 9.53 Å². The molecule has 148 valence electrons. The molecule has 0 saturated heterocycles. The molecule has 0 radical (unpaired) electrons. The van der Waals surface area contributed by atoms with E-state index in [9.17, 15) is 14.4 Å². The number of aromatic nitrogens is 1. The van der Waals surface area contributed by atoms with Crippen molar-refractivity contribution in [2.75, 3.05) is 11.9 Å². The van der Waals surface area contributed by atoms with Gasteiger partial charge < -0.3 is 20.4 Å². The van der Waals surface area contributed by atoms with Crippen LogP contribution in [0.2, 0.25) is 0 Å². The molecule has 0 bridgehead atoms. The Morgan fingerprint density at radius 2 is 1.66 bits per heavy atom. The first kappa shape index (κ1) is 19.9. The Bertz CT molecular complexity index is 1050. The minimum atomic E-state index is -0.570. The first-order valence-corrected chi connectivity index (χ1v) is 8.98. The molecule has 0 aliphatic heterocycles. The number of aryl methyl sites for hydroxylation is 1. The Labute approximate surface area is 168 Å². The number of benzene rings is 2. The van der Waals surface area contributed by atoms with Crippen molar-refractivity contribution in [3.63, 3.8) is 0 Å². The summed E-state index contributed by atoms with van der Waals surface area (Å²) in [6, 6.07) is 17.5. The van der Waals surface area contributed by atoms with Gasteiger partial charge >= 0.3 is 5.97 Å². The summed E-state index contributed by atoms with van der Waals surface area (Å²) in [4.78, 5) is 35.6. The normalized spacial score (nSPS) is 10.4. The molecule has 7 heteroatoms. The van der Waals surface area contributed by atoms with E-state index in [0.29, 0.717) is 16.8 Å². The molecule has 0 unspecified atom stereocenters. The van der Waals surface area contributed by atoms with Gasteiger partial charge in [-0.25, -0.2) is 4.79 Å². The van der Waals surface area contributed by atoms with Crippen molar-refractivity contribution in [2.24, 2.45) is 5.73 Å². The van der Waals surface area contributed by atoms with Crippen LogP contribution in [0.25, 0.3) is 5.69 Å². The maximum atomic E-state index is 12.5. The fourth-order valence-electron chi connectivity index (χ4n) is 3.07. The van der Waals surface area contributed by atoms with Gasteiger partial charge in [0.05, 0.1) is 5.56 Å². The minimum Gasteiger partial charge on any atom is -0.452 e. The Kier molecular flexibility index (Phi) is 5.78. The summed E-state index contributed by atoms with van der Waals surface area (Å²) in [6.45, 7) is 3.31. The third-order valence-corrected chi connectivity index (χ3v) is 4.45. The van der Waals surface area contributed by atoms with Gasteiger partial charge in [-0.05, 0) is 56.3 Å². The summed E-state index contributed by atoms with van der Waals surface area (Å²) in [6.07, 6.45) is 0. The van der Waals surface area contributed by atoms with E-state index in [0.717, 1.165) is 17.1 Å². The molecule has 0 fully saturated rings. The van der Waals surface area contributed by atoms with Gasteiger partial charge in [0.1, 0.15) is 0 Å². The zero-order valence-electron chi connectivity index (χ0n) is 16.1. The quantitative estimate of drug-likeness (QED) is 0.631. The fourth-order valence-corrected chi connectivity index (χ4v) is 3.07. The first-order valence-electron chi connectivity index (χ1n) is 8.98. The number of para-hydroxylation sites is 1. The zero-order valence-corrected chi connectivity index (χ0v) is 16.1. The average Bonchev–Trinajstić information content (AvgIpc) is 3.01. The Hall–Kier alpha value is -3.87. The predicted molar refractivity (Wildman–Crippen MR) is 109 cm³/mol. The minimum absolute atomic E-state index is 0.336. The second-order valence-electron chi connectivity index (χ2n) is 6.52. The smallest absolute Gasteiger partial charge is 0.340 e. The number of hydrogen-bond donors (Lipinski definition) is 2. The summed E-state index contributed by atoms with van der Waals surface area (Å²) in [5.74, 6) is -1.61. The number of carbonyl (C=O) groups is 3. The van der Waals surface area contributed by atoms with Gasteiger partial charge in [0.25, 0.3) is 5.91 Å². The highest BCUT2D eigenvalue weighted by molar-refractivity contribution is 5.97. The number of amides is 2. The molecule has 2 aromatic carbocycles. The molecule has 3 rings (SSSR count). The van der Waals surface area contributed by atoms with Crippen LogP contribution >= 0.6 is 0 Å². The van der Waals surface area contributed by atoms with Gasteiger partial charge in [-0.3, -0.25) is 9.59 Å². The molecular formula is C22H21N3O4. The highest BCUT2D eigenvalue weighted by atomic mass is 16.5. The van der Waals surface area contributed by atoms with Crippen molar-refractivity contribution in [1.29, 1.82) is 0 Å². The van der Waals surface area contributed by atoms with Crippen molar-refractivity contribution >= 4 is 23.5 Å². The van der Waals surface area contributed by atoms with Crippen molar-refractivity contribution in [3.8, 4) is 5.69 Å². The monoisotopic (exact) mass is 391 g/mol. The van der Waals surface area contributed by atoms with Crippen molar-refractivity contribution in [1.82, 2.24) is 4.57 Å². The molecule has 29 heavy (non-hydrogen) atoms. The van der Waals surface area contributed by atoms with Crippen LogP contribution in [0.15, 0.2) is 60.7 Å². The number of rotatable bonds is 6. The summed E-state index contributed by atoms with van der Waals surface area (Å²) in [5, 5.41) is 2.60. The number of anilines is 1. The second kappa shape index (κ2) is 8.43. The maximum Gasteiger partial charge on any atom is 0.340 e. The number of hydrogen-bond acceptors (Lipinski definition) is 4. The number of nitrogens with one attached hydrogen (secondary N) is 1. The largest absolute Gasteiger partial charge is 0.452 e. The van der Waals surface area contributed by atoms with Crippen molar-refractivity contribution in [3.05, 3.63) is 83.2 Å². The number of nitrogens with two attached hydrogens (primary N) is 1. The summed E-state index contributed by atoms with van der Waals surface area (Å²) >= 11 is 0. The zero-order chi connectivity index (χ0) is 21.0. The molecule has 2 amide bonds. The van der Waals surface area contributed by atoms with Crippen molar-refractivity contribution in [2.45, 2.75) is 13.8 Å². The van der Waals surface area contributed by atoms with Crippen LogP contribution < -0.4 is 11.1 Å². The second-order valence-corrected chi connectivity index (χ2v) is 6.52. The van der Waals surface area contributed by atoms with Gasteiger partial charge in [-0.1, -0.05) is 18.2 Å². The lowest BCUT2D eigenvalue weighted by molar-refractivity contribution is -0.119. The molecular weight excluding hydrogens is 370 g/mol. The average molecular weight is 391 g/mol. The maximum absolute atomic E-state index is 12.5. The Morgan fingerprint density at radius 3 is 2.28 bits per heavy atom. The van der Waals surface area contributed by atoms with Gasteiger partial charge in [0.15, 0.2) is 6.61 Å². The number of carbonyl (C=O) groups excluding carboxylic acids is 3. The lowest BCUT2D eigenvalue weighted by Crippen LogP contribution is -2.21. The Balaban J connectivity index is 1.63. The van der Waals surface area contributed by atoms with Crippen LogP contribution in [0.3, 0.4) is 0 Å². The number of esters is 1. The van der Waals surface area contributed by atoms with Gasteiger partial charge in [-0.2, -0.15) is 0 Å². The topological polar surface area (TPSA) is 103 Å². The van der Waals surface area contributed by atoms with E-state index in [-0.39, 0.29) is 0 Å². The van der Waals surface area contributed by atoms with Crippen LogP contribution in [-0.4, -0.2) is 29.0 Å². The molecule has 0 spiro atoms. The van der Waals surface area contributed by atoms with Crippen LogP contribution in [0.1, 0.15) is 32.1 Å². The van der Waals surface area contributed by atoms with E-state index in [1.165, 1.54) is 12.1 Å². The van der Waals surface area contributed by atoms with Gasteiger partial charge in [-0.15, -0.1) is 0 Å². The van der Waals surface area contributed by atoms with E-state index in [1.54, 1.807) is 18.2 Å². The standard InChI is InChI=1S/C22H21N3O4/c1-14-12-19(15(2)25(14)18-6-4-3-5-7-18)22(28)29-13-20(26)24-17-10-8-16(9-11-17)21(23)27/h3-12H,13H2,1-2H3,(H2,23,27)(H,24,26). The van der Waals surface area contributed by atoms with Crippen LogP contribution in [0.5, 0.6) is 0 Å². The molecule has 0 saturated carbocycles. The fraction of sp³-hybridized carbons (Fsp3) is 0.136. The molecule has 0 atom stereocenters. The van der Waals surface area contributed by atoms with E-state index < -0.39 is 24.4 Å². The summed E-state index contributed by atoms with van der Waals surface area (Å²) < 4.78 is 7.13. The molecule has 0 aliphatic rings. The number of primary amides is 1. The summed E-state index contributed by atoms with van der Waals surface area (Å²) in [5.41, 5.74) is 8.96. The molecule has 3 aromatic rings. The van der Waals surface area contributed by atoms with Gasteiger partial charge in [0, 0.05) is 28.3 Å². The highest BCUT2D eigenvalue weighted by Crippen LogP contribution is 2.21. The van der Waals surface area contributed by atoms with Crippen LogP contribution in [0, 0.1) is 13.8 Å². The van der Waals surface area contributed by atoms with Gasteiger partial charge in [0.2, 0.25) is 5.91 Å². The third kappa shape index (κ3) is 4.52. The third-order valence-electron chi connectivity index (χ3n) is 4.45. The predicted octanol–water partition coefficient (Wildman–Crippen LogP) is 2.99. The molecule has 1 heterocycles. The number of ether oxygens (including phenoxy) is 1. The molecule has 1 aromatic heterocycles. The lowest BCUT2D eigenvalue weighted by Gasteiger charge is -2.10. The molecule has 7 nitrogen and oxygen atoms in total. The number of nitrogens with zero attached hydrogens (tertiary/aromatic N) is 1. The SMILES string of the molecule is Cc1cc(C(=O)OCC(=O)Nc2ccc(C(N)=O)cc2)c(C)n1-c1ccccc1. The molecule has 0 aliphatic carbocycles. The van der Waals surface area contributed by atoms with Crippen LogP contribution in [0.4, 0.5) is 5.69 Å². The first-order chi connectivity index (χ1) is 13.9. The van der Waals surface area contributed by atoms with E-state index in [2.05, 4.69) is 5.32 Å². The lowest BCUT2D eigenvalue weighted by atomic mass is 10.2. The summed E-state index contributed by atoms with van der Waals surface area (Å²) in [7, 11) is 0. The van der Waals surface area contributed by atoms with E-state index >= 15 is 0 Å². The van der Waals surface area contributed by atoms with Crippen molar-refractivity contribution < 1.29 is 19.1 Å². The Morgan fingerprint density at radius 1 is 1.00 bits per heavy atom. The molecule has 3 N–H and O–H groups in total. The van der Waals surface area contributed by atoms with E-state index in [1.807, 2.05) is 48.7 Å².